The van der Waals surface area contributed by atoms with Crippen LogP contribution in [0.2, 0.25) is 0 Å². The van der Waals surface area contributed by atoms with Crippen LogP contribution in [0, 0.1) is 13.8 Å². The van der Waals surface area contributed by atoms with Crippen molar-refractivity contribution in [1.82, 2.24) is 0 Å². The topological polar surface area (TPSA) is 68.3 Å². The van der Waals surface area contributed by atoms with Crippen LogP contribution in [0.4, 0.5) is 0 Å². The van der Waals surface area contributed by atoms with Crippen molar-refractivity contribution in [3.63, 3.8) is 0 Å². The van der Waals surface area contributed by atoms with Gasteiger partial charge in [0, 0.05) is 22.3 Å². The minimum Gasteiger partial charge on any atom is -0.298 e. The Morgan fingerprint density at radius 2 is 0.955 bits per heavy atom. The molecular formula is C18H14O4. The van der Waals surface area contributed by atoms with Gasteiger partial charge in [-0.15, -0.1) is 0 Å². The van der Waals surface area contributed by atoms with Crippen molar-refractivity contribution in [2.75, 3.05) is 0 Å². The Balaban J connectivity index is 2.78. The molecule has 0 N–H and O–H groups in total. The lowest BCUT2D eigenvalue weighted by Crippen LogP contribution is -2.01. The Bertz CT molecular complexity index is 721. The van der Waals surface area contributed by atoms with E-state index >= 15 is 0 Å². The number of benzene rings is 2. The summed E-state index contributed by atoms with van der Waals surface area (Å²) < 4.78 is 0. The summed E-state index contributed by atoms with van der Waals surface area (Å²) >= 11 is 0. The van der Waals surface area contributed by atoms with E-state index in [1.54, 1.807) is 38.1 Å². The smallest absolute Gasteiger partial charge is 0.151 e. The van der Waals surface area contributed by atoms with Crippen molar-refractivity contribution in [3.05, 3.63) is 57.6 Å². The van der Waals surface area contributed by atoms with Crippen molar-refractivity contribution in [2.24, 2.45) is 0 Å². The largest absolute Gasteiger partial charge is 0.298 e. The lowest BCUT2D eigenvalue weighted by molar-refractivity contribution is 0.109. The summed E-state index contributed by atoms with van der Waals surface area (Å²) in [6.45, 7) is 3.50. The number of aldehydes is 4. The summed E-state index contributed by atoms with van der Waals surface area (Å²) in [5.74, 6) is 0. The van der Waals surface area contributed by atoms with E-state index in [0.717, 1.165) is 11.1 Å². The van der Waals surface area contributed by atoms with Gasteiger partial charge in [0.25, 0.3) is 0 Å². The number of carbonyl (C=O) groups excluding carboxylic acids is 4. The molecule has 0 aromatic heterocycles. The maximum absolute atomic E-state index is 11.2. The van der Waals surface area contributed by atoms with Crippen LogP contribution in [0.1, 0.15) is 52.6 Å². The van der Waals surface area contributed by atoms with Gasteiger partial charge < -0.3 is 0 Å². The zero-order valence-electron chi connectivity index (χ0n) is 12.3. The molecule has 0 spiro atoms. The van der Waals surface area contributed by atoms with E-state index < -0.39 is 0 Å². The highest BCUT2D eigenvalue weighted by molar-refractivity contribution is 5.97. The molecule has 110 valence electrons. The molecule has 22 heavy (non-hydrogen) atoms. The Morgan fingerprint density at radius 3 is 1.23 bits per heavy atom. The molecule has 0 radical (unpaired) electrons. The number of carbonyl (C=O) groups is 4. The molecule has 4 heteroatoms. The normalized spacial score (nSPS) is 10.1. The second-order valence-electron chi connectivity index (χ2n) is 4.95. The van der Waals surface area contributed by atoms with Crippen molar-refractivity contribution in [2.45, 2.75) is 13.8 Å². The van der Waals surface area contributed by atoms with E-state index in [2.05, 4.69) is 0 Å². The van der Waals surface area contributed by atoms with Gasteiger partial charge in [0.15, 0.2) is 25.1 Å². The van der Waals surface area contributed by atoms with Crippen LogP contribution < -0.4 is 0 Å². The first-order valence-corrected chi connectivity index (χ1v) is 6.67. The molecule has 0 saturated carbocycles. The molecule has 4 nitrogen and oxygen atoms in total. The third-order valence-corrected chi connectivity index (χ3v) is 3.88. The third kappa shape index (κ3) is 2.39. The summed E-state index contributed by atoms with van der Waals surface area (Å²) in [6.07, 6.45) is 2.58. The van der Waals surface area contributed by atoms with Gasteiger partial charge in [-0.25, -0.2) is 0 Å². The molecule has 0 heterocycles. The molecule has 0 fully saturated rings. The standard InChI is InChI=1S/C18H14O4/c1-11-15(5-3-13(7-19)17(11)9-21)16-6-4-14(8-20)18(10-22)12(16)2/h3-10H,1-2H3. The number of hydrogen-bond acceptors (Lipinski definition) is 4. The van der Waals surface area contributed by atoms with E-state index in [0.29, 0.717) is 58.5 Å². The Morgan fingerprint density at radius 1 is 0.591 bits per heavy atom. The first-order chi connectivity index (χ1) is 10.6. The molecule has 0 aliphatic carbocycles. The molecule has 2 rings (SSSR count). The quantitative estimate of drug-likeness (QED) is 0.794. The molecule has 0 amide bonds. The van der Waals surface area contributed by atoms with E-state index in [4.69, 9.17) is 0 Å². The first kappa shape index (κ1) is 15.5. The minimum absolute atomic E-state index is 0.328. The molecule has 0 aliphatic rings. The summed E-state index contributed by atoms with van der Waals surface area (Å²) in [4.78, 5) is 44.5. The maximum Gasteiger partial charge on any atom is 0.151 e. The van der Waals surface area contributed by atoms with Gasteiger partial charge in [0.05, 0.1) is 0 Å². The molecule has 2 aromatic rings. The van der Waals surface area contributed by atoms with Crippen LogP contribution in [-0.2, 0) is 0 Å². The van der Waals surface area contributed by atoms with Gasteiger partial charge in [-0.3, -0.25) is 19.2 Å². The molecule has 0 saturated heterocycles. The van der Waals surface area contributed by atoms with E-state index in [1.165, 1.54) is 0 Å². The van der Waals surface area contributed by atoms with E-state index in [9.17, 15) is 19.2 Å². The van der Waals surface area contributed by atoms with Gasteiger partial charge in [-0.05, 0) is 36.1 Å². The minimum atomic E-state index is 0.328. The predicted molar refractivity (Wildman–Crippen MR) is 82.9 cm³/mol. The summed E-state index contributed by atoms with van der Waals surface area (Å²) in [5, 5.41) is 0. The summed E-state index contributed by atoms with van der Waals surface area (Å²) in [6, 6.07) is 6.63. The van der Waals surface area contributed by atoms with Gasteiger partial charge in [0.1, 0.15) is 0 Å². The van der Waals surface area contributed by atoms with E-state index in [-0.39, 0.29) is 0 Å². The number of hydrogen-bond donors (Lipinski definition) is 0. The average molecular weight is 294 g/mol. The Labute approximate surface area is 127 Å². The molecule has 0 aliphatic heterocycles. The van der Waals surface area contributed by atoms with Crippen LogP contribution in [0.3, 0.4) is 0 Å². The first-order valence-electron chi connectivity index (χ1n) is 6.67. The lowest BCUT2D eigenvalue weighted by Gasteiger charge is -2.14. The fourth-order valence-corrected chi connectivity index (χ4v) is 2.60. The molecule has 0 atom stereocenters. The fraction of sp³-hybridized carbons (Fsp3) is 0.111. The van der Waals surface area contributed by atoms with Crippen molar-refractivity contribution in [1.29, 1.82) is 0 Å². The Hall–Kier alpha value is -2.88. The van der Waals surface area contributed by atoms with Crippen LogP contribution in [0.5, 0.6) is 0 Å². The SMILES string of the molecule is Cc1c(-c2ccc(C=O)c(C=O)c2C)ccc(C=O)c1C=O. The second kappa shape index (κ2) is 6.26. The fourth-order valence-electron chi connectivity index (χ4n) is 2.60. The van der Waals surface area contributed by atoms with Crippen LogP contribution in [0.15, 0.2) is 24.3 Å². The highest BCUT2D eigenvalue weighted by atomic mass is 16.1. The van der Waals surface area contributed by atoms with Crippen LogP contribution in [0.25, 0.3) is 11.1 Å². The van der Waals surface area contributed by atoms with Gasteiger partial charge >= 0.3 is 0 Å². The van der Waals surface area contributed by atoms with Crippen molar-refractivity contribution >= 4 is 25.1 Å². The zero-order valence-corrected chi connectivity index (χ0v) is 12.3. The summed E-state index contributed by atoms with van der Waals surface area (Å²) in [5.41, 5.74) is 4.16. The molecular weight excluding hydrogens is 280 g/mol. The average Bonchev–Trinajstić information content (AvgIpc) is 2.54. The molecule has 2 aromatic carbocycles. The molecule has 0 unspecified atom stereocenters. The monoisotopic (exact) mass is 294 g/mol. The predicted octanol–water partition coefficient (Wildman–Crippen LogP) is 3.22. The lowest BCUT2D eigenvalue weighted by atomic mass is 9.89. The van der Waals surface area contributed by atoms with Crippen molar-refractivity contribution < 1.29 is 19.2 Å². The van der Waals surface area contributed by atoms with Gasteiger partial charge in [0.2, 0.25) is 0 Å². The highest BCUT2D eigenvalue weighted by Crippen LogP contribution is 2.31. The van der Waals surface area contributed by atoms with Crippen LogP contribution >= 0.6 is 0 Å². The summed E-state index contributed by atoms with van der Waals surface area (Å²) in [7, 11) is 0. The third-order valence-electron chi connectivity index (χ3n) is 3.88. The second-order valence-corrected chi connectivity index (χ2v) is 4.95. The van der Waals surface area contributed by atoms with Gasteiger partial charge in [-0.2, -0.15) is 0 Å². The molecule has 0 bridgehead atoms. The van der Waals surface area contributed by atoms with Crippen molar-refractivity contribution in [3.8, 4) is 11.1 Å². The van der Waals surface area contributed by atoms with E-state index in [1.807, 2.05) is 0 Å². The van der Waals surface area contributed by atoms with Gasteiger partial charge in [-0.1, -0.05) is 24.3 Å². The Kier molecular flexibility index (Phi) is 4.41. The maximum atomic E-state index is 11.2. The highest BCUT2D eigenvalue weighted by Gasteiger charge is 2.15. The number of rotatable bonds is 5. The van der Waals surface area contributed by atoms with Crippen LogP contribution in [-0.4, -0.2) is 25.1 Å². The zero-order chi connectivity index (χ0) is 16.3.